The fourth-order valence-corrected chi connectivity index (χ4v) is 2.12. The second kappa shape index (κ2) is 8.89. The van der Waals surface area contributed by atoms with E-state index in [4.69, 9.17) is 4.74 Å². The number of carbonyl (C=O) groups is 2. The molecule has 1 amide bonds. The van der Waals surface area contributed by atoms with Crippen molar-refractivity contribution in [2.45, 2.75) is 19.8 Å². The molecule has 0 radical (unpaired) electrons. The quantitative estimate of drug-likeness (QED) is 0.619. The molecular weight excluding hydrogens is 340 g/mol. The van der Waals surface area contributed by atoms with E-state index in [-0.39, 0.29) is 5.69 Å². The van der Waals surface area contributed by atoms with Crippen LogP contribution in [0.15, 0.2) is 48.5 Å². The third kappa shape index (κ3) is 5.81. The molecule has 0 spiro atoms. The van der Waals surface area contributed by atoms with Crippen molar-refractivity contribution in [3.05, 3.63) is 71.3 Å². The first-order chi connectivity index (χ1) is 12.3. The van der Waals surface area contributed by atoms with Crippen molar-refractivity contribution in [2.24, 2.45) is 0 Å². The number of ether oxygens (including phenoxy) is 1. The normalized spacial score (nSPS) is 11.0. The number of halogens is 2. The molecule has 6 heteroatoms. The van der Waals surface area contributed by atoms with Crippen molar-refractivity contribution in [2.75, 3.05) is 11.9 Å². The van der Waals surface area contributed by atoms with Crippen molar-refractivity contribution in [3.8, 4) is 0 Å². The Labute approximate surface area is 150 Å². The molecule has 2 rings (SSSR count). The van der Waals surface area contributed by atoms with E-state index in [2.05, 4.69) is 19.2 Å². The fourth-order valence-electron chi connectivity index (χ4n) is 2.12. The average Bonchev–Trinajstić information content (AvgIpc) is 2.61. The van der Waals surface area contributed by atoms with Crippen LogP contribution in [0.1, 0.15) is 30.9 Å². The van der Waals surface area contributed by atoms with Crippen LogP contribution in [0.25, 0.3) is 6.08 Å². The van der Waals surface area contributed by atoms with Gasteiger partial charge in [-0.05, 0) is 35.3 Å². The first-order valence-electron chi connectivity index (χ1n) is 8.05. The van der Waals surface area contributed by atoms with Crippen LogP contribution in [0, 0.1) is 11.6 Å². The van der Waals surface area contributed by atoms with Gasteiger partial charge in [0, 0.05) is 12.1 Å². The molecule has 0 saturated heterocycles. The lowest BCUT2D eigenvalue weighted by molar-refractivity contribution is -0.142. The molecule has 0 bridgehead atoms. The van der Waals surface area contributed by atoms with Crippen LogP contribution >= 0.6 is 0 Å². The molecule has 0 heterocycles. The number of hydrogen-bond acceptors (Lipinski definition) is 3. The predicted molar refractivity (Wildman–Crippen MR) is 95.5 cm³/mol. The maximum Gasteiger partial charge on any atom is 0.331 e. The van der Waals surface area contributed by atoms with E-state index >= 15 is 0 Å². The molecule has 0 aliphatic heterocycles. The number of carbonyl (C=O) groups excluding carboxylic acids is 2. The van der Waals surface area contributed by atoms with E-state index in [1.54, 1.807) is 6.08 Å². The standard InChI is InChI=1S/C20H19F2NO3/c1-13(2)15-6-3-14(4-7-15)5-10-20(25)26-12-19(24)23-18-11-16(21)8-9-17(18)22/h3-11,13H,12H2,1-2H3,(H,23,24)/b10-5+. The summed E-state index contributed by atoms with van der Waals surface area (Å²) in [6.07, 6.45) is 2.76. The molecule has 0 unspecified atom stereocenters. The maximum atomic E-state index is 13.4. The van der Waals surface area contributed by atoms with E-state index in [1.165, 1.54) is 11.6 Å². The van der Waals surface area contributed by atoms with Crippen LogP contribution in [0.5, 0.6) is 0 Å². The molecule has 0 aromatic heterocycles. The summed E-state index contributed by atoms with van der Waals surface area (Å²) in [7, 11) is 0. The number of hydrogen-bond donors (Lipinski definition) is 1. The Kier molecular flexibility index (Phi) is 6.60. The van der Waals surface area contributed by atoms with E-state index in [0.29, 0.717) is 5.92 Å². The summed E-state index contributed by atoms with van der Waals surface area (Å²) >= 11 is 0. The summed E-state index contributed by atoms with van der Waals surface area (Å²) in [4.78, 5) is 23.3. The van der Waals surface area contributed by atoms with Crippen LogP contribution < -0.4 is 5.32 Å². The van der Waals surface area contributed by atoms with Crippen molar-refractivity contribution < 1.29 is 23.1 Å². The van der Waals surface area contributed by atoms with Crippen molar-refractivity contribution >= 4 is 23.6 Å². The van der Waals surface area contributed by atoms with E-state index in [9.17, 15) is 18.4 Å². The van der Waals surface area contributed by atoms with Gasteiger partial charge in [-0.25, -0.2) is 13.6 Å². The lowest BCUT2D eigenvalue weighted by Crippen LogP contribution is -2.20. The second-order valence-corrected chi connectivity index (χ2v) is 5.93. The molecule has 136 valence electrons. The number of nitrogens with one attached hydrogen (secondary N) is 1. The van der Waals surface area contributed by atoms with Gasteiger partial charge in [-0.1, -0.05) is 38.1 Å². The SMILES string of the molecule is CC(C)c1ccc(/C=C/C(=O)OCC(=O)Nc2cc(F)ccc2F)cc1. The van der Waals surface area contributed by atoms with Crippen LogP contribution in [-0.4, -0.2) is 18.5 Å². The third-order valence-corrected chi connectivity index (χ3v) is 3.56. The Morgan fingerprint density at radius 2 is 1.81 bits per heavy atom. The zero-order valence-electron chi connectivity index (χ0n) is 14.5. The molecule has 0 saturated carbocycles. The Balaban J connectivity index is 1.84. The zero-order valence-corrected chi connectivity index (χ0v) is 14.5. The Morgan fingerprint density at radius 1 is 1.12 bits per heavy atom. The maximum absolute atomic E-state index is 13.4. The highest BCUT2D eigenvalue weighted by Crippen LogP contribution is 2.16. The van der Waals surface area contributed by atoms with E-state index in [1.807, 2.05) is 24.3 Å². The summed E-state index contributed by atoms with van der Waals surface area (Å²) in [5.74, 6) is -2.54. The molecule has 26 heavy (non-hydrogen) atoms. The van der Waals surface area contributed by atoms with Crippen molar-refractivity contribution in [3.63, 3.8) is 0 Å². The summed E-state index contributed by atoms with van der Waals surface area (Å²) in [5, 5.41) is 2.14. The topological polar surface area (TPSA) is 55.4 Å². The minimum atomic E-state index is -0.782. The Hall–Kier alpha value is -3.02. The summed E-state index contributed by atoms with van der Waals surface area (Å²) in [6, 6.07) is 10.4. The number of anilines is 1. The minimum absolute atomic E-state index is 0.313. The summed E-state index contributed by atoms with van der Waals surface area (Å²) in [6.45, 7) is 3.57. The molecule has 2 aromatic carbocycles. The Bertz CT molecular complexity index is 814. The van der Waals surface area contributed by atoms with Crippen LogP contribution in [0.3, 0.4) is 0 Å². The van der Waals surface area contributed by atoms with Gasteiger partial charge in [-0.15, -0.1) is 0 Å². The minimum Gasteiger partial charge on any atom is -0.452 e. The summed E-state index contributed by atoms with van der Waals surface area (Å²) in [5.41, 5.74) is 1.69. The van der Waals surface area contributed by atoms with E-state index < -0.39 is 30.1 Å². The lowest BCUT2D eigenvalue weighted by Gasteiger charge is -2.06. The largest absolute Gasteiger partial charge is 0.452 e. The highest BCUT2D eigenvalue weighted by Gasteiger charge is 2.10. The van der Waals surface area contributed by atoms with Crippen LogP contribution in [0.2, 0.25) is 0 Å². The molecule has 2 aromatic rings. The van der Waals surface area contributed by atoms with Gasteiger partial charge in [0.2, 0.25) is 0 Å². The van der Waals surface area contributed by atoms with Crippen molar-refractivity contribution in [1.29, 1.82) is 0 Å². The number of amides is 1. The van der Waals surface area contributed by atoms with Gasteiger partial charge in [0.15, 0.2) is 6.61 Å². The second-order valence-electron chi connectivity index (χ2n) is 5.93. The molecule has 0 aliphatic rings. The number of rotatable bonds is 6. The smallest absolute Gasteiger partial charge is 0.331 e. The molecule has 0 atom stereocenters. The molecule has 1 N–H and O–H groups in total. The predicted octanol–water partition coefficient (Wildman–Crippen LogP) is 4.28. The van der Waals surface area contributed by atoms with Crippen LogP contribution in [0.4, 0.5) is 14.5 Å². The van der Waals surface area contributed by atoms with Crippen molar-refractivity contribution in [1.82, 2.24) is 0 Å². The number of esters is 1. The van der Waals surface area contributed by atoms with Gasteiger partial charge < -0.3 is 10.1 Å². The number of benzene rings is 2. The first kappa shape index (κ1) is 19.3. The zero-order chi connectivity index (χ0) is 19.1. The lowest BCUT2D eigenvalue weighted by atomic mass is 10.0. The summed E-state index contributed by atoms with van der Waals surface area (Å²) < 4.78 is 31.2. The first-order valence-corrected chi connectivity index (χ1v) is 8.05. The monoisotopic (exact) mass is 359 g/mol. The molecule has 0 fully saturated rings. The van der Waals surface area contributed by atoms with Gasteiger partial charge in [-0.3, -0.25) is 4.79 Å². The van der Waals surface area contributed by atoms with Gasteiger partial charge in [0.1, 0.15) is 11.6 Å². The molecular formula is C20H19F2NO3. The molecule has 4 nitrogen and oxygen atoms in total. The van der Waals surface area contributed by atoms with Crippen LogP contribution in [-0.2, 0) is 14.3 Å². The highest BCUT2D eigenvalue weighted by molar-refractivity contribution is 5.94. The molecule has 0 aliphatic carbocycles. The average molecular weight is 359 g/mol. The van der Waals surface area contributed by atoms with Gasteiger partial charge >= 0.3 is 5.97 Å². The van der Waals surface area contributed by atoms with E-state index in [0.717, 1.165) is 23.8 Å². The Morgan fingerprint density at radius 3 is 2.46 bits per heavy atom. The highest BCUT2D eigenvalue weighted by atomic mass is 19.1. The van der Waals surface area contributed by atoms with Gasteiger partial charge in [-0.2, -0.15) is 0 Å². The van der Waals surface area contributed by atoms with Gasteiger partial charge in [0.25, 0.3) is 5.91 Å². The fraction of sp³-hybridized carbons (Fsp3) is 0.200. The van der Waals surface area contributed by atoms with Gasteiger partial charge in [0.05, 0.1) is 5.69 Å². The third-order valence-electron chi connectivity index (χ3n) is 3.56.